The molecule has 0 radical (unpaired) electrons. The van der Waals surface area contributed by atoms with E-state index in [9.17, 15) is 0 Å². The average Bonchev–Trinajstić information content (AvgIpc) is 2.60. The summed E-state index contributed by atoms with van der Waals surface area (Å²) >= 11 is 0. The second kappa shape index (κ2) is 27.5. The Labute approximate surface area is 194 Å². The van der Waals surface area contributed by atoms with Crippen LogP contribution >= 0.6 is 0 Å². The van der Waals surface area contributed by atoms with Crippen LogP contribution < -0.4 is 0 Å². The van der Waals surface area contributed by atoms with Crippen LogP contribution in [0.1, 0.15) is 158 Å². The third-order valence-electron chi connectivity index (χ3n) is 5.46. The second-order valence-corrected chi connectivity index (χ2v) is 8.07. The molecule has 0 aliphatic carbocycles. The second-order valence-electron chi connectivity index (χ2n) is 8.07. The van der Waals surface area contributed by atoms with E-state index in [0.717, 1.165) is 0 Å². The van der Waals surface area contributed by atoms with Crippen LogP contribution in [0.25, 0.3) is 0 Å². The normalized spacial score (nSPS) is 10.8. The summed E-state index contributed by atoms with van der Waals surface area (Å²) in [5.41, 5.74) is 0. The molecule has 0 N–H and O–H groups in total. The minimum atomic E-state index is 0. The van der Waals surface area contributed by atoms with E-state index in [-0.39, 0.29) is 40.6 Å². The Balaban J connectivity index is -0.000000882. The fourth-order valence-corrected chi connectivity index (χ4v) is 3.68. The zero-order chi connectivity index (χ0) is 17.6. The van der Waals surface area contributed by atoms with Gasteiger partial charge in [0.25, 0.3) is 0 Å². The van der Waals surface area contributed by atoms with E-state index >= 15 is 0 Å². The molecule has 0 bridgehead atoms. The summed E-state index contributed by atoms with van der Waals surface area (Å²) in [5.74, 6) is 0. The molecule has 0 aromatic heterocycles. The molecule has 0 saturated carbocycles. The van der Waals surface area contributed by atoms with Crippen molar-refractivity contribution in [3.63, 3.8) is 0 Å². The number of rotatable bonds is 21. The van der Waals surface area contributed by atoms with Gasteiger partial charge >= 0.3 is 37.7 Å². The summed E-state index contributed by atoms with van der Waals surface area (Å²) in [6.45, 7) is 4.60. The predicted molar refractivity (Wildman–Crippen MR) is 121 cm³/mol. The van der Waals surface area contributed by atoms with E-state index in [1.54, 1.807) is 0 Å². The molecule has 0 fully saturated rings. The van der Waals surface area contributed by atoms with E-state index in [4.69, 9.17) is 0 Å². The van der Waals surface area contributed by atoms with Gasteiger partial charge in [-0.05, 0) is 0 Å². The van der Waals surface area contributed by atoms with Crippen molar-refractivity contribution in [1.29, 1.82) is 0 Å². The fourth-order valence-electron chi connectivity index (χ4n) is 3.68. The Bertz CT molecular complexity index is 191. The standard InChI is InChI=1S/C24H50.Ca.2H/c1-3-5-7-9-11-13-15-17-19-21-23-24-22-20-18-16-14-12-10-8-6-4-2;;;/h3-24H2,1-2H3;;;/q;+2;2*-1. The zero-order valence-corrected chi connectivity index (χ0v) is 20.5. The molecule has 0 rings (SSSR count). The number of hydrogen-bond acceptors (Lipinski definition) is 0. The summed E-state index contributed by atoms with van der Waals surface area (Å²) < 4.78 is 0. The Kier molecular flexibility index (Phi) is 31.3. The summed E-state index contributed by atoms with van der Waals surface area (Å²) in [6.07, 6.45) is 32.4. The Hall–Kier alpha value is 1.26. The van der Waals surface area contributed by atoms with Crippen LogP contribution in [0.4, 0.5) is 0 Å². The molecular weight excluding hydrogens is 328 g/mol. The molecule has 0 aromatic carbocycles. The smallest absolute Gasteiger partial charge is 1.00 e. The van der Waals surface area contributed by atoms with Crippen LogP contribution in [-0.4, -0.2) is 37.7 Å². The SMILES string of the molecule is CCCCCCCCCCCCCCCCCCCCCCCC.[Ca+2].[H-].[H-]. The molecule has 0 amide bonds. The monoisotopic (exact) mass is 380 g/mol. The van der Waals surface area contributed by atoms with Crippen molar-refractivity contribution in [1.82, 2.24) is 0 Å². The van der Waals surface area contributed by atoms with Gasteiger partial charge in [-0.1, -0.05) is 155 Å². The van der Waals surface area contributed by atoms with Crippen molar-refractivity contribution in [3.05, 3.63) is 0 Å². The summed E-state index contributed by atoms with van der Waals surface area (Å²) in [6, 6.07) is 0. The zero-order valence-electron chi connectivity index (χ0n) is 20.3. The van der Waals surface area contributed by atoms with E-state index in [1.807, 2.05) is 0 Å². The van der Waals surface area contributed by atoms with Gasteiger partial charge in [-0.25, -0.2) is 0 Å². The maximum atomic E-state index is 2.30. The maximum Gasteiger partial charge on any atom is 2.00 e. The first-order chi connectivity index (χ1) is 11.9. The molecule has 0 unspecified atom stereocenters. The predicted octanol–water partition coefficient (Wildman–Crippen LogP) is 9.45. The molecule has 0 heterocycles. The van der Waals surface area contributed by atoms with E-state index in [0.29, 0.717) is 0 Å². The summed E-state index contributed by atoms with van der Waals surface area (Å²) in [4.78, 5) is 0. The minimum absolute atomic E-state index is 0. The van der Waals surface area contributed by atoms with E-state index in [1.165, 1.54) is 141 Å². The largest absolute Gasteiger partial charge is 2.00 e. The van der Waals surface area contributed by atoms with Crippen LogP contribution in [0, 0.1) is 0 Å². The fraction of sp³-hybridized carbons (Fsp3) is 1.00. The van der Waals surface area contributed by atoms with Gasteiger partial charge in [0.05, 0.1) is 0 Å². The van der Waals surface area contributed by atoms with E-state index < -0.39 is 0 Å². The molecule has 0 atom stereocenters. The first-order valence-electron chi connectivity index (χ1n) is 11.9. The van der Waals surface area contributed by atoms with E-state index in [2.05, 4.69) is 13.8 Å². The van der Waals surface area contributed by atoms with Gasteiger partial charge in [-0.3, -0.25) is 0 Å². The minimum Gasteiger partial charge on any atom is -1.00 e. The van der Waals surface area contributed by atoms with Gasteiger partial charge in [-0.15, -0.1) is 0 Å². The molecule has 25 heavy (non-hydrogen) atoms. The topological polar surface area (TPSA) is 0 Å². The van der Waals surface area contributed by atoms with Crippen LogP contribution in [0.5, 0.6) is 0 Å². The van der Waals surface area contributed by atoms with Gasteiger partial charge in [-0.2, -0.15) is 0 Å². The van der Waals surface area contributed by atoms with Gasteiger partial charge < -0.3 is 2.85 Å². The first kappa shape index (κ1) is 28.5. The van der Waals surface area contributed by atoms with Crippen LogP contribution in [0.15, 0.2) is 0 Å². The van der Waals surface area contributed by atoms with Crippen molar-refractivity contribution in [2.24, 2.45) is 0 Å². The van der Waals surface area contributed by atoms with Gasteiger partial charge in [0.2, 0.25) is 0 Å². The maximum absolute atomic E-state index is 2.30. The summed E-state index contributed by atoms with van der Waals surface area (Å²) in [5, 5.41) is 0. The molecule has 1 heteroatoms. The molecule has 0 aromatic rings. The number of hydrogen-bond donors (Lipinski definition) is 0. The average molecular weight is 381 g/mol. The quantitative estimate of drug-likeness (QED) is 0.137. The van der Waals surface area contributed by atoms with Gasteiger partial charge in [0, 0.05) is 0 Å². The molecule has 150 valence electrons. The van der Waals surface area contributed by atoms with Crippen LogP contribution in [-0.2, 0) is 0 Å². The van der Waals surface area contributed by atoms with Crippen LogP contribution in [0.3, 0.4) is 0 Å². The molecule has 0 spiro atoms. The third-order valence-corrected chi connectivity index (χ3v) is 5.46. The van der Waals surface area contributed by atoms with Crippen LogP contribution in [0.2, 0.25) is 0 Å². The molecule has 0 saturated heterocycles. The molecule has 0 nitrogen and oxygen atoms in total. The van der Waals surface area contributed by atoms with Crippen molar-refractivity contribution < 1.29 is 2.85 Å². The Morgan fingerprint density at radius 3 is 0.520 bits per heavy atom. The van der Waals surface area contributed by atoms with Crippen molar-refractivity contribution in [2.75, 3.05) is 0 Å². The van der Waals surface area contributed by atoms with Crippen molar-refractivity contribution in [3.8, 4) is 0 Å². The van der Waals surface area contributed by atoms with Gasteiger partial charge in [0.15, 0.2) is 0 Å². The third kappa shape index (κ3) is 27.6. The molecule has 0 aliphatic heterocycles. The van der Waals surface area contributed by atoms with Crippen molar-refractivity contribution in [2.45, 2.75) is 155 Å². The summed E-state index contributed by atoms with van der Waals surface area (Å²) in [7, 11) is 0. The van der Waals surface area contributed by atoms with Crippen molar-refractivity contribution >= 4 is 37.7 Å². The Morgan fingerprint density at radius 2 is 0.400 bits per heavy atom. The van der Waals surface area contributed by atoms with Gasteiger partial charge in [0.1, 0.15) is 0 Å². The molecular formula is C24H52Ca. The first-order valence-corrected chi connectivity index (χ1v) is 11.9. The molecule has 0 aliphatic rings. The number of unbranched alkanes of at least 4 members (excludes halogenated alkanes) is 21. The Morgan fingerprint density at radius 1 is 0.280 bits per heavy atom.